The van der Waals surface area contributed by atoms with E-state index in [-0.39, 0.29) is 0 Å². The Hall–Kier alpha value is -7.43. The number of ether oxygens (including phenoxy) is 1. The van der Waals surface area contributed by atoms with E-state index in [1.165, 1.54) is 0 Å². The normalized spacial score (nSPS) is 12.6. The lowest BCUT2D eigenvalue weighted by Crippen LogP contribution is -2.34. The van der Waals surface area contributed by atoms with Gasteiger partial charge in [0.05, 0.1) is 5.41 Å². The van der Waals surface area contributed by atoms with Gasteiger partial charge in [0.25, 0.3) is 0 Å². The largest absolute Gasteiger partial charge is 0.457 e. The van der Waals surface area contributed by atoms with Gasteiger partial charge in [0.15, 0.2) is 17.5 Å². The van der Waals surface area contributed by atoms with Crippen LogP contribution in [0.25, 0.3) is 56.4 Å². The minimum atomic E-state index is -0.698. The molecule has 0 radical (unpaired) electrons. The highest BCUT2D eigenvalue weighted by molar-refractivity contribution is 5.86. The summed E-state index contributed by atoms with van der Waals surface area (Å²) in [4.78, 5) is 15.5. The zero-order valence-corrected chi connectivity index (χ0v) is 30.5. The molecule has 0 aliphatic carbocycles. The van der Waals surface area contributed by atoms with Crippen LogP contribution in [-0.2, 0) is 5.41 Å². The van der Waals surface area contributed by atoms with E-state index in [9.17, 15) is 0 Å². The third-order valence-corrected chi connectivity index (χ3v) is 10.7. The van der Waals surface area contributed by atoms with Crippen molar-refractivity contribution < 1.29 is 4.74 Å². The van der Waals surface area contributed by atoms with Crippen molar-refractivity contribution >= 4 is 0 Å². The van der Waals surface area contributed by atoms with Crippen LogP contribution in [0.5, 0.6) is 11.5 Å². The number of aromatic nitrogens is 3. The van der Waals surface area contributed by atoms with E-state index in [0.717, 1.165) is 72.7 Å². The average molecular weight is 718 g/mol. The van der Waals surface area contributed by atoms with Crippen LogP contribution in [0.3, 0.4) is 0 Å². The van der Waals surface area contributed by atoms with E-state index in [1.54, 1.807) is 0 Å². The van der Waals surface area contributed by atoms with E-state index >= 15 is 0 Å². The van der Waals surface area contributed by atoms with E-state index in [1.807, 2.05) is 48.5 Å². The molecule has 8 aromatic carbocycles. The van der Waals surface area contributed by atoms with Gasteiger partial charge in [-0.2, -0.15) is 0 Å². The molecule has 264 valence electrons. The summed E-state index contributed by atoms with van der Waals surface area (Å²) in [6, 6.07) is 73.9. The van der Waals surface area contributed by atoms with E-state index in [4.69, 9.17) is 19.7 Å². The number of fused-ring (bicyclic) bond motifs is 2. The van der Waals surface area contributed by atoms with Crippen LogP contribution in [0.15, 0.2) is 212 Å². The lowest BCUT2D eigenvalue weighted by atomic mass is 9.62. The molecule has 0 saturated carbocycles. The first kappa shape index (κ1) is 33.2. The Balaban J connectivity index is 1.20. The highest BCUT2D eigenvalue weighted by Gasteiger charge is 2.46. The predicted octanol–water partition coefficient (Wildman–Crippen LogP) is 12.7. The lowest BCUT2D eigenvalue weighted by molar-refractivity contribution is 0.434. The van der Waals surface area contributed by atoms with Crippen LogP contribution in [0.4, 0.5) is 0 Å². The molecule has 0 unspecified atom stereocenters. The van der Waals surface area contributed by atoms with Gasteiger partial charge in [0.2, 0.25) is 0 Å². The van der Waals surface area contributed by atoms with Gasteiger partial charge in [-0.25, -0.2) is 15.0 Å². The van der Waals surface area contributed by atoms with Crippen LogP contribution in [-0.4, -0.2) is 15.0 Å². The number of hydrogen-bond acceptors (Lipinski definition) is 4. The maximum atomic E-state index is 6.63. The number of nitrogens with zero attached hydrogens (tertiary/aromatic N) is 3. The van der Waals surface area contributed by atoms with Gasteiger partial charge in [-0.1, -0.05) is 200 Å². The van der Waals surface area contributed by atoms with Crippen LogP contribution >= 0.6 is 0 Å². The summed E-state index contributed by atoms with van der Waals surface area (Å²) in [5.41, 5.74) is 10.9. The summed E-state index contributed by atoms with van der Waals surface area (Å²) in [5, 5.41) is 0. The van der Waals surface area contributed by atoms with Gasteiger partial charge < -0.3 is 4.74 Å². The Bertz CT molecular complexity index is 2770. The second-order valence-electron chi connectivity index (χ2n) is 13.9. The second-order valence-corrected chi connectivity index (χ2v) is 13.9. The van der Waals surface area contributed by atoms with Crippen molar-refractivity contribution in [3.8, 4) is 67.9 Å². The summed E-state index contributed by atoms with van der Waals surface area (Å²) >= 11 is 0. The van der Waals surface area contributed by atoms with Gasteiger partial charge in [-0.05, 0) is 45.5 Å². The fraction of sp³-hybridized carbons (Fsp3) is 0.0192. The Kier molecular flexibility index (Phi) is 8.34. The molecular weight excluding hydrogens is 683 g/mol. The highest BCUT2D eigenvalue weighted by Crippen LogP contribution is 2.57. The molecule has 9 aromatic rings. The Morgan fingerprint density at radius 3 is 1.29 bits per heavy atom. The molecule has 1 aromatic heterocycles. The topological polar surface area (TPSA) is 47.9 Å². The zero-order chi connectivity index (χ0) is 37.3. The van der Waals surface area contributed by atoms with Crippen molar-refractivity contribution in [1.82, 2.24) is 15.0 Å². The standard InChI is InChI=1S/C52H35N3O/c1-4-18-36(19-5-1)37-32-34-39(35-33-37)50-53-49(38-20-6-2-7-21-38)54-51(55-50)43-26-11-10-24-41(43)42-25-12-13-27-44(42)52(40-22-8-3-9-23-40)45-28-14-16-30-47(45)56-48-31-17-15-29-46(48)52/h1-35H. The Morgan fingerprint density at radius 2 is 0.679 bits per heavy atom. The fourth-order valence-corrected chi connectivity index (χ4v) is 8.18. The molecule has 4 heteroatoms. The van der Waals surface area contributed by atoms with Crippen LogP contribution in [0.2, 0.25) is 0 Å². The third-order valence-electron chi connectivity index (χ3n) is 10.7. The molecule has 0 fully saturated rings. The number of rotatable bonds is 7. The highest BCUT2D eigenvalue weighted by atomic mass is 16.5. The predicted molar refractivity (Wildman–Crippen MR) is 225 cm³/mol. The zero-order valence-electron chi connectivity index (χ0n) is 30.5. The SMILES string of the molecule is c1ccc(-c2ccc(-c3nc(-c4ccccc4)nc(-c4ccccc4-c4ccccc4C4(c5ccccc5)c5ccccc5Oc5ccccc54)n3)cc2)cc1. The van der Waals surface area contributed by atoms with E-state index in [2.05, 4.69) is 164 Å². The third kappa shape index (κ3) is 5.67. The Labute approximate surface area is 326 Å². The molecule has 1 aliphatic heterocycles. The van der Waals surface area contributed by atoms with Gasteiger partial charge in [-0.15, -0.1) is 0 Å². The molecule has 4 nitrogen and oxygen atoms in total. The number of hydrogen-bond donors (Lipinski definition) is 0. The second kappa shape index (κ2) is 14.1. The molecule has 1 aliphatic rings. The molecule has 0 bridgehead atoms. The number of benzene rings is 8. The van der Waals surface area contributed by atoms with E-state index < -0.39 is 5.41 Å². The van der Waals surface area contributed by atoms with Crippen molar-refractivity contribution in [2.45, 2.75) is 5.41 Å². The first-order valence-corrected chi connectivity index (χ1v) is 18.9. The monoisotopic (exact) mass is 717 g/mol. The molecule has 56 heavy (non-hydrogen) atoms. The quantitative estimate of drug-likeness (QED) is 0.165. The fourth-order valence-electron chi connectivity index (χ4n) is 8.18. The molecule has 0 spiro atoms. The smallest absolute Gasteiger partial charge is 0.164 e. The number of para-hydroxylation sites is 2. The van der Waals surface area contributed by atoms with Gasteiger partial charge >= 0.3 is 0 Å². The van der Waals surface area contributed by atoms with Crippen molar-refractivity contribution in [3.63, 3.8) is 0 Å². The molecule has 0 atom stereocenters. The first-order chi connectivity index (χ1) is 27.8. The molecule has 2 heterocycles. The molecular formula is C52H35N3O. The van der Waals surface area contributed by atoms with E-state index in [0.29, 0.717) is 17.5 Å². The van der Waals surface area contributed by atoms with Gasteiger partial charge in [-0.3, -0.25) is 0 Å². The minimum absolute atomic E-state index is 0.605. The summed E-state index contributed by atoms with van der Waals surface area (Å²) in [7, 11) is 0. The van der Waals surface area contributed by atoms with Crippen LogP contribution in [0.1, 0.15) is 22.3 Å². The lowest BCUT2D eigenvalue weighted by Gasteiger charge is -2.42. The molecule has 0 N–H and O–H groups in total. The minimum Gasteiger partial charge on any atom is -0.457 e. The first-order valence-electron chi connectivity index (χ1n) is 18.9. The average Bonchev–Trinajstić information content (AvgIpc) is 3.29. The summed E-state index contributed by atoms with van der Waals surface area (Å²) in [6.07, 6.45) is 0. The maximum Gasteiger partial charge on any atom is 0.164 e. The Morgan fingerprint density at radius 1 is 0.286 bits per heavy atom. The summed E-state index contributed by atoms with van der Waals surface area (Å²) in [5.74, 6) is 3.52. The van der Waals surface area contributed by atoms with Gasteiger partial charge in [0, 0.05) is 27.8 Å². The van der Waals surface area contributed by atoms with Gasteiger partial charge in [0.1, 0.15) is 11.5 Å². The summed E-state index contributed by atoms with van der Waals surface area (Å²) < 4.78 is 6.63. The van der Waals surface area contributed by atoms with Crippen molar-refractivity contribution in [2.24, 2.45) is 0 Å². The maximum absolute atomic E-state index is 6.63. The van der Waals surface area contributed by atoms with Crippen LogP contribution in [0, 0.1) is 0 Å². The molecule has 0 amide bonds. The summed E-state index contributed by atoms with van der Waals surface area (Å²) in [6.45, 7) is 0. The van der Waals surface area contributed by atoms with Crippen molar-refractivity contribution in [3.05, 3.63) is 235 Å². The molecule has 0 saturated heterocycles. The molecule has 10 rings (SSSR count). The van der Waals surface area contributed by atoms with Crippen molar-refractivity contribution in [2.75, 3.05) is 0 Å². The van der Waals surface area contributed by atoms with Crippen molar-refractivity contribution in [1.29, 1.82) is 0 Å². The van der Waals surface area contributed by atoms with Crippen LogP contribution < -0.4 is 4.74 Å².